The fraction of sp³-hybridized carbons (Fsp3) is 0.684. The number of nitrogens with one attached hydrogen (secondary N) is 1. The molecule has 21 heavy (non-hydrogen) atoms. The maximum atomic E-state index is 5.42. The van der Waals surface area contributed by atoms with Crippen molar-refractivity contribution in [2.75, 3.05) is 13.7 Å². The van der Waals surface area contributed by atoms with E-state index in [1.807, 2.05) is 0 Å². The molecule has 0 saturated carbocycles. The first-order chi connectivity index (χ1) is 9.83. The highest BCUT2D eigenvalue weighted by atomic mass is 16.5. The van der Waals surface area contributed by atoms with E-state index >= 15 is 0 Å². The van der Waals surface area contributed by atoms with Gasteiger partial charge in [-0.1, -0.05) is 25.0 Å². The van der Waals surface area contributed by atoms with Gasteiger partial charge in [-0.3, -0.25) is 0 Å². The molecular weight excluding hydrogens is 258 g/mol. The summed E-state index contributed by atoms with van der Waals surface area (Å²) in [5.41, 5.74) is 4.19. The van der Waals surface area contributed by atoms with Gasteiger partial charge in [0.1, 0.15) is 5.75 Å². The minimum atomic E-state index is 0.248. The van der Waals surface area contributed by atoms with Crippen LogP contribution in [0.4, 0.5) is 0 Å². The summed E-state index contributed by atoms with van der Waals surface area (Å²) >= 11 is 0. The van der Waals surface area contributed by atoms with E-state index in [9.17, 15) is 0 Å². The predicted molar refractivity (Wildman–Crippen MR) is 92.4 cm³/mol. The first-order valence-electron chi connectivity index (χ1n) is 8.22. The molecule has 2 nitrogen and oxygen atoms in total. The van der Waals surface area contributed by atoms with Crippen LogP contribution < -0.4 is 10.1 Å². The Morgan fingerprint density at radius 2 is 1.52 bits per heavy atom. The highest BCUT2D eigenvalue weighted by Crippen LogP contribution is 2.25. The third-order valence-corrected chi connectivity index (χ3v) is 3.77. The van der Waals surface area contributed by atoms with Gasteiger partial charge in [-0.2, -0.15) is 0 Å². The Bertz CT molecular complexity index is 409. The summed E-state index contributed by atoms with van der Waals surface area (Å²) in [5.74, 6) is 1.03. The first kappa shape index (κ1) is 18.0. The van der Waals surface area contributed by atoms with Gasteiger partial charge < -0.3 is 10.1 Å². The van der Waals surface area contributed by atoms with Crippen molar-refractivity contribution in [3.63, 3.8) is 0 Å². The van der Waals surface area contributed by atoms with E-state index in [2.05, 4.69) is 52.1 Å². The maximum absolute atomic E-state index is 5.42. The van der Waals surface area contributed by atoms with E-state index in [0.717, 1.165) is 12.3 Å². The van der Waals surface area contributed by atoms with Gasteiger partial charge >= 0.3 is 0 Å². The number of hydrogen-bond acceptors (Lipinski definition) is 2. The lowest BCUT2D eigenvalue weighted by Crippen LogP contribution is -2.36. The van der Waals surface area contributed by atoms with Crippen LogP contribution in [0.1, 0.15) is 63.1 Å². The van der Waals surface area contributed by atoms with Crippen LogP contribution in [0.5, 0.6) is 5.75 Å². The second-order valence-corrected chi connectivity index (χ2v) is 7.10. The Morgan fingerprint density at radius 3 is 2.05 bits per heavy atom. The Labute approximate surface area is 131 Å². The van der Waals surface area contributed by atoms with E-state index in [1.54, 1.807) is 7.11 Å². The van der Waals surface area contributed by atoms with E-state index in [1.165, 1.54) is 48.8 Å². The van der Waals surface area contributed by atoms with Gasteiger partial charge in [0, 0.05) is 5.54 Å². The molecule has 0 fully saturated rings. The van der Waals surface area contributed by atoms with Gasteiger partial charge in [-0.05, 0) is 77.1 Å². The molecule has 0 heterocycles. The van der Waals surface area contributed by atoms with Gasteiger partial charge in [0.05, 0.1) is 7.11 Å². The Kier molecular flexibility index (Phi) is 7.24. The highest BCUT2D eigenvalue weighted by Gasteiger charge is 2.07. The topological polar surface area (TPSA) is 21.3 Å². The summed E-state index contributed by atoms with van der Waals surface area (Å²) in [6, 6.07) is 4.54. The Balaban J connectivity index is 2.24. The summed E-state index contributed by atoms with van der Waals surface area (Å²) in [5, 5.41) is 3.54. The molecule has 1 N–H and O–H groups in total. The standard InChI is InChI=1S/C19H33NO/c1-15-13-17(14-16(2)18(15)21-6)11-9-7-8-10-12-20-19(3,4)5/h13-14,20H,7-12H2,1-6H3. The van der Waals surface area contributed by atoms with E-state index in [-0.39, 0.29) is 5.54 Å². The molecule has 1 aromatic rings. The molecule has 0 atom stereocenters. The predicted octanol–water partition coefficient (Wildman–Crippen LogP) is 4.80. The van der Waals surface area contributed by atoms with Crippen molar-refractivity contribution in [3.05, 3.63) is 28.8 Å². The van der Waals surface area contributed by atoms with Crippen LogP contribution in [0.3, 0.4) is 0 Å². The molecule has 1 aromatic carbocycles. The summed E-state index contributed by atoms with van der Waals surface area (Å²) in [7, 11) is 1.75. The molecule has 0 amide bonds. The molecule has 1 rings (SSSR count). The molecule has 0 radical (unpaired) electrons. The average Bonchev–Trinajstić information content (AvgIpc) is 2.36. The number of ether oxygens (including phenoxy) is 1. The normalized spacial score (nSPS) is 11.7. The van der Waals surface area contributed by atoms with Gasteiger partial charge in [0.2, 0.25) is 0 Å². The smallest absolute Gasteiger partial charge is 0.124 e. The van der Waals surface area contributed by atoms with Crippen molar-refractivity contribution >= 4 is 0 Å². The second kappa shape index (κ2) is 8.43. The van der Waals surface area contributed by atoms with Crippen molar-refractivity contribution in [3.8, 4) is 5.75 Å². The number of rotatable bonds is 8. The summed E-state index contributed by atoms with van der Waals surface area (Å²) in [4.78, 5) is 0. The molecule has 0 saturated heterocycles. The second-order valence-electron chi connectivity index (χ2n) is 7.10. The van der Waals surface area contributed by atoms with Crippen molar-refractivity contribution in [1.29, 1.82) is 0 Å². The molecule has 2 heteroatoms. The quantitative estimate of drug-likeness (QED) is 0.694. The lowest BCUT2D eigenvalue weighted by Gasteiger charge is -2.20. The van der Waals surface area contributed by atoms with Crippen LogP contribution in [0.2, 0.25) is 0 Å². The van der Waals surface area contributed by atoms with E-state index in [4.69, 9.17) is 4.74 Å². The van der Waals surface area contributed by atoms with Crippen LogP contribution in [-0.2, 0) is 6.42 Å². The number of benzene rings is 1. The van der Waals surface area contributed by atoms with Crippen molar-refractivity contribution in [2.24, 2.45) is 0 Å². The largest absolute Gasteiger partial charge is 0.496 e. The first-order valence-corrected chi connectivity index (χ1v) is 8.22. The number of unbranched alkanes of at least 4 members (excludes halogenated alkanes) is 3. The van der Waals surface area contributed by atoms with Crippen LogP contribution >= 0.6 is 0 Å². The third kappa shape index (κ3) is 6.99. The lowest BCUT2D eigenvalue weighted by molar-refractivity contribution is 0.408. The maximum Gasteiger partial charge on any atom is 0.124 e. The van der Waals surface area contributed by atoms with Gasteiger partial charge in [0.15, 0.2) is 0 Å². The molecule has 0 aliphatic heterocycles. The Hall–Kier alpha value is -1.02. The van der Waals surface area contributed by atoms with Gasteiger partial charge in [-0.25, -0.2) is 0 Å². The summed E-state index contributed by atoms with van der Waals surface area (Å²) in [6.07, 6.45) is 6.37. The fourth-order valence-corrected chi connectivity index (χ4v) is 2.78. The zero-order valence-electron chi connectivity index (χ0n) is 14.8. The summed E-state index contributed by atoms with van der Waals surface area (Å²) in [6.45, 7) is 12.1. The van der Waals surface area contributed by atoms with Crippen LogP contribution in [0.25, 0.3) is 0 Å². The monoisotopic (exact) mass is 291 g/mol. The molecule has 0 unspecified atom stereocenters. The SMILES string of the molecule is COc1c(C)cc(CCCCCCNC(C)(C)C)cc1C. The molecule has 0 aliphatic rings. The zero-order chi connectivity index (χ0) is 15.9. The van der Waals surface area contributed by atoms with E-state index in [0.29, 0.717) is 0 Å². The minimum absolute atomic E-state index is 0.248. The van der Waals surface area contributed by atoms with Gasteiger partial charge in [-0.15, -0.1) is 0 Å². The third-order valence-electron chi connectivity index (χ3n) is 3.77. The summed E-state index contributed by atoms with van der Waals surface area (Å²) < 4.78 is 5.42. The van der Waals surface area contributed by atoms with Crippen LogP contribution in [-0.4, -0.2) is 19.2 Å². The molecule has 0 aromatic heterocycles. The number of hydrogen-bond donors (Lipinski definition) is 1. The van der Waals surface area contributed by atoms with Crippen molar-refractivity contribution in [2.45, 2.75) is 72.3 Å². The number of methoxy groups -OCH3 is 1. The molecule has 0 spiro atoms. The van der Waals surface area contributed by atoms with Crippen molar-refractivity contribution in [1.82, 2.24) is 5.32 Å². The zero-order valence-corrected chi connectivity index (χ0v) is 14.8. The minimum Gasteiger partial charge on any atom is -0.496 e. The lowest BCUT2D eigenvalue weighted by atomic mass is 10.0. The Morgan fingerprint density at radius 1 is 0.952 bits per heavy atom. The molecular formula is C19H33NO. The molecule has 0 bridgehead atoms. The molecule has 120 valence electrons. The van der Waals surface area contributed by atoms with Crippen LogP contribution in [0.15, 0.2) is 12.1 Å². The van der Waals surface area contributed by atoms with Crippen molar-refractivity contribution < 1.29 is 4.74 Å². The van der Waals surface area contributed by atoms with E-state index < -0.39 is 0 Å². The van der Waals surface area contributed by atoms with Gasteiger partial charge in [0.25, 0.3) is 0 Å². The van der Waals surface area contributed by atoms with Crippen LogP contribution in [0, 0.1) is 13.8 Å². The number of aryl methyl sites for hydroxylation is 3. The fourth-order valence-electron chi connectivity index (χ4n) is 2.78. The average molecular weight is 291 g/mol. The highest BCUT2D eigenvalue weighted by molar-refractivity contribution is 5.43. The molecule has 0 aliphatic carbocycles.